The maximum absolute atomic E-state index is 13.1. The number of nitrogens with zero attached hydrogens (tertiary/aromatic N) is 2. The Morgan fingerprint density at radius 3 is 2.70 bits per heavy atom. The van der Waals surface area contributed by atoms with Crippen LogP contribution in [0.25, 0.3) is 0 Å². The van der Waals surface area contributed by atoms with Gasteiger partial charge in [-0.3, -0.25) is 14.4 Å². The zero-order valence-electron chi connectivity index (χ0n) is 18.7. The monoisotopic (exact) mass is 452 g/mol. The fourth-order valence-corrected chi connectivity index (χ4v) is 3.75. The molecule has 1 aliphatic rings. The van der Waals surface area contributed by atoms with Crippen LogP contribution >= 0.6 is 0 Å². The quantitative estimate of drug-likeness (QED) is 0.613. The van der Waals surface area contributed by atoms with Gasteiger partial charge in [-0.2, -0.15) is 0 Å². The molecule has 0 bridgehead atoms. The number of ether oxygens (including phenoxy) is 1. The van der Waals surface area contributed by atoms with Gasteiger partial charge in [0, 0.05) is 37.2 Å². The van der Waals surface area contributed by atoms with Crippen LogP contribution in [0.3, 0.4) is 0 Å². The van der Waals surface area contributed by atoms with Crippen molar-refractivity contribution in [3.63, 3.8) is 0 Å². The van der Waals surface area contributed by atoms with Crippen LogP contribution in [0, 0.1) is 11.8 Å². The van der Waals surface area contributed by atoms with Crippen molar-refractivity contribution >= 4 is 23.6 Å². The summed E-state index contributed by atoms with van der Waals surface area (Å²) in [6.45, 7) is 3.93. The van der Waals surface area contributed by atoms with Crippen LogP contribution in [0.4, 0.5) is 4.79 Å². The van der Waals surface area contributed by atoms with Crippen LogP contribution in [0.5, 0.6) is 0 Å². The summed E-state index contributed by atoms with van der Waals surface area (Å²) in [6, 6.07) is 8.33. The lowest BCUT2D eigenvalue weighted by Crippen LogP contribution is -2.46. The number of carbonyl (C=O) groups excluding carboxylic acids is 4. The maximum Gasteiger partial charge on any atom is 0.408 e. The standard InChI is InChI=1S/C24H28N4O5/c1-15(2)21(28-24(32)33-13-16-6-4-3-5-7-16)20(29)11-17-10-18-12-25-14-27-19(18)8-9-26-23(31)22(17)30/h3-7,12,14-15,17,21H,8-11,13H2,1-2H3,(H,26,31)(H,28,32). The molecule has 0 saturated heterocycles. The van der Waals surface area contributed by atoms with Gasteiger partial charge in [-0.05, 0) is 23.5 Å². The fraction of sp³-hybridized carbons (Fsp3) is 0.417. The number of ketones is 2. The van der Waals surface area contributed by atoms with Gasteiger partial charge in [0.05, 0.1) is 6.04 Å². The van der Waals surface area contributed by atoms with Gasteiger partial charge in [0.25, 0.3) is 5.91 Å². The lowest BCUT2D eigenvalue weighted by atomic mass is 9.86. The van der Waals surface area contributed by atoms with Crippen LogP contribution in [0.15, 0.2) is 42.9 Å². The van der Waals surface area contributed by atoms with Gasteiger partial charge in [0.1, 0.15) is 12.9 Å². The third-order valence-corrected chi connectivity index (χ3v) is 5.54. The molecular weight excluding hydrogens is 424 g/mol. The van der Waals surface area contributed by atoms with Crippen LogP contribution in [0.2, 0.25) is 0 Å². The van der Waals surface area contributed by atoms with Crippen LogP contribution in [-0.2, 0) is 38.6 Å². The molecule has 0 spiro atoms. The third-order valence-electron chi connectivity index (χ3n) is 5.54. The van der Waals surface area contributed by atoms with E-state index in [0.29, 0.717) is 6.42 Å². The van der Waals surface area contributed by atoms with Crippen molar-refractivity contribution in [2.75, 3.05) is 6.54 Å². The van der Waals surface area contributed by atoms with E-state index < -0.39 is 29.7 Å². The van der Waals surface area contributed by atoms with E-state index in [-0.39, 0.29) is 37.7 Å². The molecule has 0 saturated carbocycles. The highest BCUT2D eigenvalue weighted by atomic mass is 16.5. The molecule has 2 unspecified atom stereocenters. The zero-order chi connectivity index (χ0) is 23.8. The van der Waals surface area contributed by atoms with Gasteiger partial charge in [0.15, 0.2) is 5.78 Å². The number of fused-ring (bicyclic) bond motifs is 1. The number of rotatable bonds is 7. The number of aromatic nitrogens is 2. The highest BCUT2D eigenvalue weighted by Gasteiger charge is 2.33. The topological polar surface area (TPSA) is 127 Å². The van der Waals surface area contributed by atoms with E-state index in [1.165, 1.54) is 6.33 Å². The number of alkyl carbamates (subject to hydrolysis) is 1. The number of amides is 2. The van der Waals surface area contributed by atoms with Crippen molar-refractivity contribution in [3.05, 3.63) is 59.7 Å². The molecule has 1 aromatic carbocycles. The first-order valence-corrected chi connectivity index (χ1v) is 10.9. The smallest absolute Gasteiger partial charge is 0.408 e. The van der Waals surface area contributed by atoms with Crippen molar-refractivity contribution in [1.82, 2.24) is 20.6 Å². The predicted octanol–water partition coefficient (Wildman–Crippen LogP) is 1.79. The van der Waals surface area contributed by atoms with Crippen molar-refractivity contribution in [2.24, 2.45) is 11.8 Å². The fourth-order valence-electron chi connectivity index (χ4n) is 3.75. The number of carbonyl (C=O) groups is 4. The molecule has 2 amide bonds. The summed E-state index contributed by atoms with van der Waals surface area (Å²) in [5.74, 6) is -2.83. The average Bonchev–Trinajstić information content (AvgIpc) is 2.86. The molecule has 2 aromatic rings. The van der Waals surface area contributed by atoms with Crippen molar-refractivity contribution in [3.8, 4) is 0 Å². The molecule has 0 radical (unpaired) electrons. The second-order valence-corrected chi connectivity index (χ2v) is 8.36. The first-order chi connectivity index (χ1) is 15.8. The zero-order valence-corrected chi connectivity index (χ0v) is 18.7. The highest BCUT2D eigenvalue weighted by Crippen LogP contribution is 2.20. The minimum Gasteiger partial charge on any atom is -0.445 e. The van der Waals surface area contributed by atoms with Gasteiger partial charge < -0.3 is 15.4 Å². The normalized spacial score (nSPS) is 17.1. The van der Waals surface area contributed by atoms with Crippen molar-refractivity contribution < 1.29 is 23.9 Å². The van der Waals surface area contributed by atoms with E-state index in [1.807, 2.05) is 30.3 Å². The molecule has 0 fully saturated rings. The molecule has 1 aromatic heterocycles. The molecule has 9 nitrogen and oxygen atoms in total. The van der Waals surface area contributed by atoms with Crippen LogP contribution in [0.1, 0.15) is 37.1 Å². The molecule has 0 aliphatic carbocycles. The van der Waals surface area contributed by atoms with Crippen molar-refractivity contribution in [2.45, 2.75) is 45.8 Å². The van der Waals surface area contributed by atoms with E-state index in [9.17, 15) is 19.2 Å². The summed E-state index contributed by atoms with van der Waals surface area (Å²) in [5.41, 5.74) is 2.29. The predicted molar refractivity (Wildman–Crippen MR) is 119 cm³/mol. The lowest BCUT2D eigenvalue weighted by molar-refractivity contribution is -0.141. The minimum absolute atomic E-state index is 0.0732. The molecule has 9 heteroatoms. The van der Waals surface area contributed by atoms with Gasteiger partial charge in [-0.25, -0.2) is 14.8 Å². The van der Waals surface area contributed by atoms with Gasteiger partial charge in [-0.15, -0.1) is 0 Å². The van der Waals surface area contributed by atoms with E-state index in [0.717, 1.165) is 16.8 Å². The van der Waals surface area contributed by atoms with Gasteiger partial charge in [0.2, 0.25) is 5.78 Å². The summed E-state index contributed by atoms with van der Waals surface area (Å²) in [5, 5.41) is 5.20. The van der Waals surface area contributed by atoms with Gasteiger partial charge in [-0.1, -0.05) is 44.2 Å². The number of nitrogens with one attached hydrogen (secondary N) is 2. The number of Topliss-reactive ketones (excluding diaryl/α,β-unsaturated/α-hetero) is 2. The van der Waals surface area contributed by atoms with E-state index in [2.05, 4.69) is 20.6 Å². The SMILES string of the molecule is CC(C)C(NC(=O)OCc1ccccc1)C(=O)CC1Cc2cncnc2CCNC(=O)C1=O. The summed E-state index contributed by atoms with van der Waals surface area (Å²) >= 11 is 0. The number of benzene rings is 1. The molecule has 2 N–H and O–H groups in total. The number of hydrogen-bond donors (Lipinski definition) is 2. The molecule has 33 heavy (non-hydrogen) atoms. The molecule has 2 atom stereocenters. The molecule has 1 aliphatic heterocycles. The molecule has 2 heterocycles. The van der Waals surface area contributed by atoms with E-state index in [4.69, 9.17) is 4.74 Å². The Labute approximate surface area is 192 Å². The second-order valence-electron chi connectivity index (χ2n) is 8.36. The van der Waals surface area contributed by atoms with Crippen LogP contribution in [-0.4, -0.2) is 46.1 Å². The minimum atomic E-state index is -0.872. The second kappa shape index (κ2) is 11.3. The van der Waals surface area contributed by atoms with E-state index >= 15 is 0 Å². The first-order valence-electron chi connectivity index (χ1n) is 10.9. The Morgan fingerprint density at radius 2 is 1.97 bits per heavy atom. The molecule has 174 valence electrons. The summed E-state index contributed by atoms with van der Waals surface area (Å²) < 4.78 is 5.24. The summed E-state index contributed by atoms with van der Waals surface area (Å²) in [6.07, 6.45) is 2.77. The molecular formula is C24H28N4O5. The Bertz CT molecular complexity index is 1010. The Hall–Kier alpha value is -3.62. The Morgan fingerprint density at radius 1 is 1.21 bits per heavy atom. The Balaban J connectivity index is 1.69. The van der Waals surface area contributed by atoms with E-state index in [1.54, 1.807) is 20.0 Å². The van der Waals surface area contributed by atoms with Crippen LogP contribution < -0.4 is 10.6 Å². The average molecular weight is 453 g/mol. The highest BCUT2D eigenvalue weighted by molar-refractivity contribution is 6.37. The van der Waals surface area contributed by atoms with Gasteiger partial charge >= 0.3 is 6.09 Å². The Kier molecular flexibility index (Phi) is 8.23. The summed E-state index contributed by atoms with van der Waals surface area (Å²) in [7, 11) is 0. The molecule has 3 rings (SSSR count). The first kappa shape index (κ1) is 24.0. The summed E-state index contributed by atoms with van der Waals surface area (Å²) in [4.78, 5) is 58.7. The largest absolute Gasteiger partial charge is 0.445 e. The maximum atomic E-state index is 13.1. The lowest BCUT2D eigenvalue weighted by Gasteiger charge is -2.23. The number of hydrogen-bond acceptors (Lipinski definition) is 7. The van der Waals surface area contributed by atoms with Crippen molar-refractivity contribution in [1.29, 1.82) is 0 Å². The third kappa shape index (κ3) is 6.68.